The van der Waals surface area contributed by atoms with Gasteiger partial charge in [-0.05, 0) is 24.3 Å². The normalized spacial score (nSPS) is 9.79. The number of rotatable bonds is 4. The Balaban J connectivity index is 2.20. The van der Waals surface area contributed by atoms with Crippen molar-refractivity contribution in [1.82, 2.24) is 4.98 Å². The zero-order valence-electron chi connectivity index (χ0n) is 10.6. The van der Waals surface area contributed by atoms with Crippen LogP contribution in [-0.4, -0.2) is 25.2 Å². The Hall–Kier alpha value is -2.56. The summed E-state index contributed by atoms with van der Waals surface area (Å²) in [5, 5.41) is 0. The molecular weight excluding hydrogens is 246 g/mol. The summed E-state index contributed by atoms with van der Waals surface area (Å²) in [7, 11) is 2.96. The van der Waals surface area contributed by atoms with E-state index in [-0.39, 0.29) is 11.6 Å². The fourth-order valence-corrected chi connectivity index (χ4v) is 1.49. The van der Waals surface area contributed by atoms with Crippen LogP contribution < -0.4 is 14.2 Å². The Morgan fingerprint density at radius 2 is 1.74 bits per heavy atom. The van der Waals surface area contributed by atoms with E-state index in [0.29, 0.717) is 11.5 Å². The SMILES string of the molecule is COc1ccc(C(=O)Oc2ccccc2)nc1OC. The Morgan fingerprint density at radius 3 is 2.37 bits per heavy atom. The minimum atomic E-state index is -0.549. The lowest BCUT2D eigenvalue weighted by Crippen LogP contribution is -2.11. The van der Waals surface area contributed by atoms with E-state index in [1.165, 1.54) is 20.3 Å². The van der Waals surface area contributed by atoms with Crippen LogP contribution in [0.15, 0.2) is 42.5 Å². The van der Waals surface area contributed by atoms with Gasteiger partial charge in [0.25, 0.3) is 5.88 Å². The molecule has 98 valence electrons. The molecule has 0 saturated heterocycles. The van der Waals surface area contributed by atoms with Gasteiger partial charge < -0.3 is 14.2 Å². The predicted octanol–water partition coefficient (Wildman–Crippen LogP) is 2.32. The zero-order chi connectivity index (χ0) is 13.7. The van der Waals surface area contributed by atoms with E-state index in [1.54, 1.807) is 30.3 Å². The van der Waals surface area contributed by atoms with Gasteiger partial charge in [0.1, 0.15) is 5.75 Å². The fourth-order valence-electron chi connectivity index (χ4n) is 1.49. The van der Waals surface area contributed by atoms with Crippen molar-refractivity contribution in [1.29, 1.82) is 0 Å². The molecule has 0 bridgehead atoms. The van der Waals surface area contributed by atoms with E-state index in [4.69, 9.17) is 14.2 Å². The van der Waals surface area contributed by atoms with Crippen LogP contribution in [0, 0.1) is 0 Å². The van der Waals surface area contributed by atoms with Gasteiger partial charge in [0.2, 0.25) is 0 Å². The summed E-state index contributed by atoms with van der Waals surface area (Å²) in [6.45, 7) is 0. The highest BCUT2D eigenvalue weighted by atomic mass is 16.5. The number of nitrogens with zero attached hydrogens (tertiary/aromatic N) is 1. The minimum Gasteiger partial charge on any atom is -0.491 e. The predicted molar refractivity (Wildman–Crippen MR) is 68.7 cm³/mol. The highest BCUT2D eigenvalue weighted by Crippen LogP contribution is 2.24. The first-order valence-corrected chi connectivity index (χ1v) is 5.61. The summed E-state index contributed by atoms with van der Waals surface area (Å²) in [6.07, 6.45) is 0. The molecule has 0 unspecified atom stereocenters. The van der Waals surface area contributed by atoms with Gasteiger partial charge >= 0.3 is 5.97 Å². The first-order valence-electron chi connectivity index (χ1n) is 5.61. The molecule has 1 heterocycles. The number of methoxy groups -OCH3 is 2. The summed E-state index contributed by atoms with van der Waals surface area (Å²) in [5.41, 5.74) is 0.154. The number of para-hydroxylation sites is 1. The maximum absolute atomic E-state index is 11.9. The number of carbonyl (C=O) groups is 1. The highest BCUT2D eigenvalue weighted by Gasteiger charge is 2.14. The number of benzene rings is 1. The summed E-state index contributed by atoms with van der Waals surface area (Å²) in [5.74, 6) is 0.611. The van der Waals surface area contributed by atoms with Crippen LogP contribution in [0.2, 0.25) is 0 Å². The average molecular weight is 259 g/mol. The third-order valence-electron chi connectivity index (χ3n) is 2.40. The molecule has 5 heteroatoms. The van der Waals surface area contributed by atoms with Gasteiger partial charge in [0.05, 0.1) is 14.2 Å². The molecule has 1 aromatic carbocycles. The van der Waals surface area contributed by atoms with Gasteiger partial charge in [0, 0.05) is 0 Å². The van der Waals surface area contributed by atoms with E-state index < -0.39 is 5.97 Å². The van der Waals surface area contributed by atoms with Gasteiger partial charge in [0.15, 0.2) is 11.4 Å². The van der Waals surface area contributed by atoms with E-state index in [9.17, 15) is 4.79 Å². The number of esters is 1. The lowest BCUT2D eigenvalue weighted by molar-refractivity contribution is 0.0727. The van der Waals surface area contributed by atoms with E-state index in [0.717, 1.165) is 0 Å². The summed E-state index contributed by atoms with van der Waals surface area (Å²) in [4.78, 5) is 15.9. The Kier molecular flexibility index (Phi) is 3.97. The number of aromatic nitrogens is 1. The van der Waals surface area contributed by atoms with Crippen LogP contribution in [0.4, 0.5) is 0 Å². The van der Waals surface area contributed by atoms with E-state index in [1.807, 2.05) is 6.07 Å². The third-order valence-corrected chi connectivity index (χ3v) is 2.40. The molecule has 0 N–H and O–H groups in total. The van der Waals surface area contributed by atoms with Crippen molar-refractivity contribution in [2.75, 3.05) is 14.2 Å². The maximum Gasteiger partial charge on any atom is 0.362 e. The molecule has 1 aromatic heterocycles. The molecule has 0 atom stereocenters. The molecule has 0 aliphatic carbocycles. The molecule has 0 spiro atoms. The molecule has 0 aliphatic rings. The van der Waals surface area contributed by atoms with Crippen LogP contribution in [-0.2, 0) is 0 Å². The monoisotopic (exact) mass is 259 g/mol. The lowest BCUT2D eigenvalue weighted by atomic mass is 10.3. The molecule has 0 amide bonds. The van der Waals surface area contributed by atoms with Crippen LogP contribution >= 0.6 is 0 Å². The van der Waals surface area contributed by atoms with Crippen molar-refractivity contribution in [3.63, 3.8) is 0 Å². The van der Waals surface area contributed by atoms with Gasteiger partial charge in [-0.2, -0.15) is 0 Å². The largest absolute Gasteiger partial charge is 0.491 e. The van der Waals surface area contributed by atoms with E-state index >= 15 is 0 Å². The zero-order valence-corrected chi connectivity index (χ0v) is 10.6. The number of hydrogen-bond acceptors (Lipinski definition) is 5. The minimum absolute atomic E-state index is 0.154. The third kappa shape index (κ3) is 3.01. The van der Waals surface area contributed by atoms with Crippen LogP contribution in [0.3, 0.4) is 0 Å². The molecule has 19 heavy (non-hydrogen) atoms. The second kappa shape index (κ2) is 5.86. The fraction of sp³-hybridized carbons (Fsp3) is 0.143. The molecule has 0 aliphatic heterocycles. The van der Waals surface area contributed by atoms with Gasteiger partial charge in [-0.25, -0.2) is 9.78 Å². The van der Waals surface area contributed by atoms with E-state index in [2.05, 4.69) is 4.98 Å². The molecule has 5 nitrogen and oxygen atoms in total. The maximum atomic E-state index is 11.9. The second-order valence-electron chi connectivity index (χ2n) is 3.61. The number of pyridine rings is 1. The molecule has 0 radical (unpaired) electrons. The number of ether oxygens (including phenoxy) is 3. The highest BCUT2D eigenvalue weighted by molar-refractivity contribution is 5.89. The molecular formula is C14H13NO4. The van der Waals surface area contributed by atoms with Gasteiger partial charge in [-0.15, -0.1) is 0 Å². The van der Waals surface area contributed by atoms with Crippen molar-refractivity contribution in [2.24, 2.45) is 0 Å². The van der Waals surface area contributed by atoms with Crippen molar-refractivity contribution in [2.45, 2.75) is 0 Å². The lowest BCUT2D eigenvalue weighted by Gasteiger charge is -2.08. The molecule has 0 fully saturated rings. The topological polar surface area (TPSA) is 57.7 Å². The van der Waals surface area contributed by atoms with Crippen molar-refractivity contribution in [3.8, 4) is 17.4 Å². The quantitative estimate of drug-likeness (QED) is 0.623. The Bertz CT molecular complexity index is 569. The van der Waals surface area contributed by atoms with Crippen molar-refractivity contribution in [3.05, 3.63) is 48.2 Å². The van der Waals surface area contributed by atoms with Gasteiger partial charge in [-0.3, -0.25) is 0 Å². The standard InChI is InChI=1S/C14H13NO4/c1-17-12-9-8-11(15-13(12)18-2)14(16)19-10-6-4-3-5-7-10/h3-9H,1-2H3. The number of carbonyl (C=O) groups excluding carboxylic acids is 1. The summed E-state index contributed by atoms with van der Waals surface area (Å²) < 4.78 is 15.3. The van der Waals surface area contributed by atoms with Crippen LogP contribution in [0.25, 0.3) is 0 Å². The first-order chi connectivity index (χ1) is 9.24. The molecule has 2 rings (SSSR count). The van der Waals surface area contributed by atoms with Crippen LogP contribution in [0.5, 0.6) is 17.4 Å². The van der Waals surface area contributed by atoms with Crippen molar-refractivity contribution < 1.29 is 19.0 Å². The summed E-state index contributed by atoms with van der Waals surface area (Å²) >= 11 is 0. The molecule has 2 aromatic rings. The summed E-state index contributed by atoms with van der Waals surface area (Å²) in [6, 6.07) is 11.9. The molecule has 0 saturated carbocycles. The van der Waals surface area contributed by atoms with Crippen molar-refractivity contribution >= 4 is 5.97 Å². The second-order valence-corrected chi connectivity index (χ2v) is 3.61. The Morgan fingerprint density at radius 1 is 1.00 bits per heavy atom. The first kappa shape index (κ1) is 12.9. The smallest absolute Gasteiger partial charge is 0.362 e. The Labute approximate surface area is 110 Å². The van der Waals surface area contributed by atoms with Crippen LogP contribution in [0.1, 0.15) is 10.5 Å². The number of hydrogen-bond donors (Lipinski definition) is 0. The van der Waals surface area contributed by atoms with Gasteiger partial charge in [-0.1, -0.05) is 18.2 Å². The average Bonchev–Trinajstić information content (AvgIpc) is 2.47.